The van der Waals surface area contributed by atoms with Crippen LogP contribution in [0, 0.1) is 0 Å². The molecule has 1 rings (SSSR count). The molecule has 0 heterocycles. The van der Waals surface area contributed by atoms with Crippen LogP contribution in [0.25, 0.3) is 0 Å². The lowest BCUT2D eigenvalue weighted by atomic mass is 10.1. The summed E-state index contributed by atoms with van der Waals surface area (Å²) < 4.78 is 4.93. The Hall–Kier alpha value is -2.47. The van der Waals surface area contributed by atoms with E-state index in [-0.39, 0.29) is 30.7 Å². The van der Waals surface area contributed by atoms with E-state index < -0.39 is 0 Å². The molecular formula is C17H22N2O4. The summed E-state index contributed by atoms with van der Waals surface area (Å²) in [6, 6.07) is 7.01. The van der Waals surface area contributed by atoms with Gasteiger partial charge < -0.3 is 15.4 Å². The van der Waals surface area contributed by atoms with E-state index in [1.807, 2.05) is 6.92 Å². The fourth-order valence-corrected chi connectivity index (χ4v) is 1.76. The van der Waals surface area contributed by atoms with Crippen LogP contribution in [-0.4, -0.2) is 37.7 Å². The maximum absolute atomic E-state index is 11.8. The number of benzene rings is 1. The Kier molecular flexibility index (Phi) is 7.70. The first kappa shape index (κ1) is 18.6. The molecule has 0 bridgehead atoms. The third-order valence-corrected chi connectivity index (χ3v) is 2.93. The van der Waals surface area contributed by atoms with Gasteiger partial charge in [-0.3, -0.25) is 14.4 Å². The Labute approximate surface area is 135 Å². The standard InChI is InChI=1S/C17H22N2O4/c1-12(18-3)8-16(21)9-14-4-6-15(7-5-14)19-17(22)11-23-10-13(2)20/h4-8,18H,9-11H2,1-3H3,(H,19,22)/b12-8-. The van der Waals surface area contributed by atoms with Crippen molar-refractivity contribution in [3.63, 3.8) is 0 Å². The molecule has 124 valence electrons. The van der Waals surface area contributed by atoms with Crippen LogP contribution in [-0.2, 0) is 25.5 Å². The Bertz CT molecular complexity index is 591. The number of Topliss-reactive ketones (excluding diaryl/α,β-unsaturated/α-hetero) is 1. The number of hydrogen-bond donors (Lipinski definition) is 2. The molecule has 0 spiro atoms. The lowest BCUT2D eigenvalue weighted by Crippen LogP contribution is -2.20. The number of nitrogens with one attached hydrogen (secondary N) is 2. The zero-order chi connectivity index (χ0) is 17.2. The van der Waals surface area contributed by atoms with Crippen molar-refractivity contribution < 1.29 is 19.1 Å². The van der Waals surface area contributed by atoms with E-state index in [0.717, 1.165) is 11.3 Å². The fraction of sp³-hybridized carbons (Fsp3) is 0.353. The maximum Gasteiger partial charge on any atom is 0.250 e. The van der Waals surface area contributed by atoms with Crippen LogP contribution in [0.1, 0.15) is 19.4 Å². The van der Waals surface area contributed by atoms with Gasteiger partial charge in [0.15, 0.2) is 11.6 Å². The van der Waals surface area contributed by atoms with Gasteiger partial charge in [0.25, 0.3) is 0 Å². The number of amides is 1. The second kappa shape index (κ2) is 9.53. The second-order valence-corrected chi connectivity index (χ2v) is 5.16. The summed E-state index contributed by atoms with van der Waals surface area (Å²) in [6.45, 7) is 2.97. The first-order valence-electron chi connectivity index (χ1n) is 7.25. The molecule has 0 radical (unpaired) electrons. The van der Waals surface area contributed by atoms with Gasteiger partial charge in [-0.15, -0.1) is 0 Å². The van der Waals surface area contributed by atoms with Crippen molar-refractivity contribution in [2.24, 2.45) is 0 Å². The summed E-state index contributed by atoms with van der Waals surface area (Å²) in [7, 11) is 1.76. The zero-order valence-corrected chi connectivity index (χ0v) is 13.6. The van der Waals surface area contributed by atoms with Gasteiger partial charge in [0, 0.05) is 30.9 Å². The van der Waals surface area contributed by atoms with E-state index in [4.69, 9.17) is 4.74 Å². The highest BCUT2D eigenvalue weighted by Gasteiger charge is 2.05. The first-order valence-corrected chi connectivity index (χ1v) is 7.25. The molecular weight excluding hydrogens is 296 g/mol. The van der Waals surface area contributed by atoms with Gasteiger partial charge in [-0.1, -0.05) is 12.1 Å². The molecule has 6 nitrogen and oxygen atoms in total. The number of hydrogen-bond acceptors (Lipinski definition) is 5. The number of carbonyl (C=O) groups excluding carboxylic acids is 3. The summed E-state index contributed by atoms with van der Waals surface area (Å²) in [5.41, 5.74) is 2.28. The molecule has 0 fully saturated rings. The largest absolute Gasteiger partial charge is 0.392 e. The van der Waals surface area contributed by atoms with E-state index in [0.29, 0.717) is 12.1 Å². The van der Waals surface area contributed by atoms with Crippen molar-refractivity contribution in [1.29, 1.82) is 0 Å². The van der Waals surface area contributed by atoms with E-state index in [1.165, 1.54) is 6.92 Å². The van der Waals surface area contributed by atoms with E-state index in [9.17, 15) is 14.4 Å². The number of allylic oxidation sites excluding steroid dienone is 2. The predicted octanol–water partition coefficient (Wildman–Crippen LogP) is 1.47. The summed E-state index contributed by atoms with van der Waals surface area (Å²) in [5.74, 6) is -0.455. The van der Waals surface area contributed by atoms with Gasteiger partial charge in [0.2, 0.25) is 5.91 Å². The van der Waals surface area contributed by atoms with Gasteiger partial charge in [-0.05, 0) is 31.5 Å². The average molecular weight is 318 g/mol. The summed E-state index contributed by atoms with van der Waals surface area (Å²) in [5, 5.41) is 5.55. The van der Waals surface area contributed by atoms with Gasteiger partial charge in [-0.25, -0.2) is 0 Å². The van der Waals surface area contributed by atoms with E-state index >= 15 is 0 Å². The van der Waals surface area contributed by atoms with Gasteiger partial charge in [0.1, 0.15) is 13.2 Å². The van der Waals surface area contributed by atoms with Gasteiger partial charge in [-0.2, -0.15) is 0 Å². The van der Waals surface area contributed by atoms with Crippen LogP contribution in [0.3, 0.4) is 0 Å². The highest BCUT2D eigenvalue weighted by Crippen LogP contribution is 2.10. The molecule has 0 saturated heterocycles. The quantitative estimate of drug-likeness (QED) is 0.674. The first-order chi connectivity index (χ1) is 10.9. The highest BCUT2D eigenvalue weighted by atomic mass is 16.5. The summed E-state index contributed by atoms with van der Waals surface area (Å²) in [4.78, 5) is 34.1. The molecule has 6 heteroatoms. The second-order valence-electron chi connectivity index (χ2n) is 5.16. The minimum absolute atomic E-state index is 0.00580. The number of ether oxygens (including phenoxy) is 1. The molecule has 0 aliphatic heterocycles. The molecule has 0 aliphatic rings. The fourth-order valence-electron chi connectivity index (χ4n) is 1.76. The number of anilines is 1. The zero-order valence-electron chi connectivity index (χ0n) is 13.6. The molecule has 0 aromatic heterocycles. The van der Waals surface area contributed by atoms with Crippen LogP contribution in [0.4, 0.5) is 5.69 Å². The monoisotopic (exact) mass is 318 g/mol. The van der Waals surface area contributed by atoms with Crippen molar-refractivity contribution in [2.45, 2.75) is 20.3 Å². The van der Waals surface area contributed by atoms with Crippen molar-refractivity contribution >= 4 is 23.2 Å². The molecule has 23 heavy (non-hydrogen) atoms. The van der Waals surface area contributed by atoms with Crippen LogP contribution in [0.5, 0.6) is 0 Å². The molecule has 2 N–H and O–H groups in total. The Morgan fingerprint density at radius 1 is 1.09 bits per heavy atom. The van der Waals surface area contributed by atoms with Gasteiger partial charge in [0.05, 0.1) is 0 Å². The van der Waals surface area contributed by atoms with Crippen LogP contribution in [0.2, 0.25) is 0 Å². The maximum atomic E-state index is 11.8. The molecule has 0 saturated carbocycles. The van der Waals surface area contributed by atoms with E-state index in [2.05, 4.69) is 10.6 Å². The third-order valence-electron chi connectivity index (χ3n) is 2.93. The highest BCUT2D eigenvalue weighted by molar-refractivity contribution is 5.93. The lowest BCUT2D eigenvalue weighted by Gasteiger charge is -2.06. The van der Waals surface area contributed by atoms with Crippen molar-refractivity contribution in [3.8, 4) is 0 Å². The molecule has 1 aromatic carbocycles. The minimum atomic E-state index is -0.331. The minimum Gasteiger partial charge on any atom is -0.392 e. The normalized spacial score (nSPS) is 11.0. The number of rotatable bonds is 9. The molecule has 0 aliphatic carbocycles. The van der Waals surface area contributed by atoms with Crippen LogP contribution >= 0.6 is 0 Å². The molecule has 0 unspecified atom stereocenters. The van der Waals surface area contributed by atoms with E-state index in [1.54, 1.807) is 37.4 Å². The molecule has 1 amide bonds. The van der Waals surface area contributed by atoms with Crippen LogP contribution in [0.15, 0.2) is 36.0 Å². The number of ketones is 2. The molecule has 1 aromatic rings. The SMILES string of the molecule is CN/C(C)=C\C(=O)Cc1ccc(NC(=O)COCC(C)=O)cc1. The third kappa shape index (κ3) is 7.92. The van der Waals surface area contributed by atoms with Crippen molar-refractivity contribution in [1.82, 2.24) is 5.32 Å². The predicted molar refractivity (Wildman–Crippen MR) is 88.1 cm³/mol. The summed E-state index contributed by atoms with van der Waals surface area (Å²) in [6.07, 6.45) is 1.86. The lowest BCUT2D eigenvalue weighted by molar-refractivity contribution is -0.126. The smallest absolute Gasteiger partial charge is 0.250 e. The Balaban J connectivity index is 2.48. The number of carbonyl (C=O) groups is 3. The topological polar surface area (TPSA) is 84.5 Å². The summed E-state index contributed by atoms with van der Waals surface area (Å²) >= 11 is 0. The average Bonchev–Trinajstić information content (AvgIpc) is 2.48. The molecule has 0 atom stereocenters. The Morgan fingerprint density at radius 3 is 2.30 bits per heavy atom. The Morgan fingerprint density at radius 2 is 1.74 bits per heavy atom. The van der Waals surface area contributed by atoms with Crippen molar-refractivity contribution in [2.75, 3.05) is 25.6 Å². The van der Waals surface area contributed by atoms with Crippen molar-refractivity contribution in [3.05, 3.63) is 41.6 Å². The van der Waals surface area contributed by atoms with Gasteiger partial charge >= 0.3 is 0 Å². The van der Waals surface area contributed by atoms with Crippen LogP contribution < -0.4 is 10.6 Å².